The first kappa shape index (κ1) is 11.9. The van der Waals surface area contributed by atoms with Gasteiger partial charge < -0.3 is 5.32 Å². The van der Waals surface area contributed by atoms with Gasteiger partial charge in [0.15, 0.2) is 0 Å². The van der Waals surface area contributed by atoms with E-state index >= 15 is 0 Å². The van der Waals surface area contributed by atoms with E-state index in [1.165, 1.54) is 12.0 Å². The van der Waals surface area contributed by atoms with E-state index < -0.39 is 0 Å². The van der Waals surface area contributed by atoms with Crippen molar-refractivity contribution < 1.29 is 4.79 Å². The Morgan fingerprint density at radius 1 is 1.22 bits per heavy atom. The smallest absolute Gasteiger partial charge is 0.140 e. The average molecular weight is 243 g/mol. The topological polar surface area (TPSA) is 29.1 Å². The minimum absolute atomic E-state index is 0.142. The van der Waals surface area contributed by atoms with Crippen LogP contribution in [0.1, 0.15) is 50.6 Å². The van der Waals surface area contributed by atoms with Crippen LogP contribution in [0.3, 0.4) is 0 Å². The maximum absolute atomic E-state index is 12.4. The Balaban J connectivity index is 1.86. The molecule has 1 aromatic rings. The van der Waals surface area contributed by atoms with Gasteiger partial charge in [-0.05, 0) is 24.8 Å². The summed E-state index contributed by atoms with van der Waals surface area (Å²) in [7, 11) is 0. The predicted molar refractivity (Wildman–Crippen MR) is 72.3 cm³/mol. The van der Waals surface area contributed by atoms with Crippen LogP contribution in [0.4, 0.5) is 0 Å². The molecule has 2 fully saturated rings. The van der Waals surface area contributed by atoms with E-state index in [2.05, 4.69) is 36.5 Å². The molecule has 1 aliphatic carbocycles. The Morgan fingerprint density at radius 3 is 2.78 bits per heavy atom. The van der Waals surface area contributed by atoms with Gasteiger partial charge in [-0.2, -0.15) is 0 Å². The van der Waals surface area contributed by atoms with Crippen molar-refractivity contribution in [1.29, 1.82) is 0 Å². The number of carbonyl (C=O) groups is 1. The summed E-state index contributed by atoms with van der Waals surface area (Å²) in [4.78, 5) is 12.4. The van der Waals surface area contributed by atoms with Crippen molar-refractivity contribution in [1.82, 2.24) is 5.32 Å². The van der Waals surface area contributed by atoms with Gasteiger partial charge in [0.1, 0.15) is 5.78 Å². The number of hydrogen-bond donors (Lipinski definition) is 1. The lowest BCUT2D eigenvalue weighted by molar-refractivity contribution is -0.127. The molecule has 2 heteroatoms. The molecule has 0 unspecified atom stereocenters. The molecule has 0 bridgehead atoms. The third-order valence-electron chi connectivity index (χ3n) is 4.79. The van der Waals surface area contributed by atoms with Crippen LogP contribution < -0.4 is 5.32 Å². The highest BCUT2D eigenvalue weighted by molar-refractivity contribution is 5.86. The molecule has 2 aliphatic rings. The molecular formula is C16H21NO. The second-order valence-electron chi connectivity index (χ2n) is 5.97. The first-order valence-corrected chi connectivity index (χ1v) is 7.04. The summed E-state index contributed by atoms with van der Waals surface area (Å²) in [6, 6.07) is 11.3. The van der Waals surface area contributed by atoms with Gasteiger partial charge in [-0.15, -0.1) is 0 Å². The van der Waals surface area contributed by atoms with Crippen molar-refractivity contribution in [3.8, 4) is 0 Å². The summed E-state index contributed by atoms with van der Waals surface area (Å²) in [5.41, 5.74) is 1.18. The molecule has 0 amide bonds. The Kier molecular flexibility index (Phi) is 2.98. The third kappa shape index (κ3) is 1.89. The number of nitrogens with one attached hydrogen (secondary N) is 1. The van der Waals surface area contributed by atoms with Gasteiger partial charge in [0.25, 0.3) is 0 Å². The molecule has 1 saturated carbocycles. The van der Waals surface area contributed by atoms with Crippen molar-refractivity contribution >= 4 is 5.78 Å². The Bertz CT molecular complexity index is 442. The predicted octanol–water partition coefficient (Wildman–Crippen LogP) is 3.24. The van der Waals surface area contributed by atoms with Crippen LogP contribution in [0.15, 0.2) is 30.3 Å². The SMILES string of the molecule is C[C@]12C[C@@H](c3ccccc3)N[C@H]1CCCCC2=O. The molecule has 1 N–H and O–H groups in total. The second kappa shape index (κ2) is 4.51. The zero-order valence-electron chi connectivity index (χ0n) is 11.0. The van der Waals surface area contributed by atoms with Crippen LogP contribution in [0.25, 0.3) is 0 Å². The molecule has 18 heavy (non-hydrogen) atoms. The van der Waals surface area contributed by atoms with Gasteiger partial charge >= 0.3 is 0 Å². The first-order valence-electron chi connectivity index (χ1n) is 7.04. The van der Waals surface area contributed by atoms with E-state index in [0.29, 0.717) is 17.9 Å². The van der Waals surface area contributed by atoms with Gasteiger partial charge in [-0.3, -0.25) is 4.79 Å². The van der Waals surface area contributed by atoms with Crippen molar-refractivity contribution in [2.45, 2.75) is 51.1 Å². The van der Waals surface area contributed by atoms with E-state index in [1.54, 1.807) is 0 Å². The first-order chi connectivity index (χ1) is 8.70. The highest BCUT2D eigenvalue weighted by atomic mass is 16.1. The molecular weight excluding hydrogens is 222 g/mol. The number of rotatable bonds is 1. The van der Waals surface area contributed by atoms with E-state index in [9.17, 15) is 4.79 Å². The molecule has 3 atom stereocenters. The lowest BCUT2D eigenvalue weighted by atomic mass is 9.76. The summed E-state index contributed by atoms with van der Waals surface area (Å²) in [5.74, 6) is 0.468. The Morgan fingerprint density at radius 2 is 2.00 bits per heavy atom. The van der Waals surface area contributed by atoms with Crippen LogP contribution >= 0.6 is 0 Å². The molecule has 1 aromatic carbocycles. The van der Waals surface area contributed by atoms with Crippen molar-refractivity contribution in [3.05, 3.63) is 35.9 Å². The summed E-state index contributed by atoms with van der Waals surface area (Å²) < 4.78 is 0. The summed E-state index contributed by atoms with van der Waals surface area (Å²) >= 11 is 0. The zero-order valence-corrected chi connectivity index (χ0v) is 11.0. The van der Waals surface area contributed by atoms with Crippen LogP contribution in [-0.4, -0.2) is 11.8 Å². The summed E-state index contributed by atoms with van der Waals surface area (Å²) in [6.45, 7) is 2.17. The van der Waals surface area contributed by atoms with Crippen LogP contribution in [0.2, 0.25) is 0 Å². The molecule has 0 aromatic heterocycles. The number of hydrogen-bond acceptors (Lipinski definition) is 2. The summed E-state index contributed by atoms with van der Waals surface area (Å²) in [5, 5.41) is 3.70. The Hall–Kier alpha value is -1.15. The molecule has 1 heterocycles. The molecule has 0 radical (unpaired) electrons. The fourth-order valence-corrected chi connectivity index (χ4v) is 3.58. The van der Waals surface area contributed by atoms with E-state index in [-0.39, 0.29) is 5.41 Å². The zero-order chi connectivity index (χ0) is 12.6. The lowest BCUT2D eigenvalue weighted by Crippen LogP contribution is -2.39. The minimum Gasteiger partial charge on any atom is -0.306 e. The second-order valence-corrected chi connectivity index (χ2v) is 5.97. The third-order valence-corrected chi connectivity index (χ3v) is 4.79. The van der Waals surface area contributed by atoms with Crippen molar-refractivity contribution in [3.63, 3.8) is 0 Å². The molecule has 1 aliphatic heterocycles. The van der Waals surface area contributed by atoms with Crippen LogP contribution in [0.5, 0.6) is 0 Å². The Labute approximate surface area is 109 Å². The van der Waals surface area contributed by atoms with Crippen LogP contribution in [0, 0.1) is 5.41 Å². The number of fused-ring (bicyclic) bond motifs is 1. The van der Waals surface area contributed by atoms with E-state index in [4.69, 9.17) is 0 Å². The maximum atomic E-state index is 12.4. The fraction of sp³-hybridized carbons (Fsp3) is 0.562. The fourth-order valence-electron chi connectivity index (χ4n) is 3.58. The van der Waals surface area contributed by atoms with Crippen molar-refractivity contribution in [2.75, 3.05) is 0 Å². The number of carbonyl (C=O) groups excluding carboxylic acids is 1. The molecule has 96 valence electrons. The maximum Gasteiger partial charge on any atom is 0.140 e. The molecule has 0 spiro atoms. The van der Waals surface area contributed by atoms with E-state index in [1.807, 2.05) is 6.07 Å². The average Bonchev–Trinajstić information content (AvgIpc) is 2.68. The van der Waals surface area contributed by atoms with Gasteiger partial charge in [-0.25, -0.2) is 0 Å². The van der Waals surface area contributed by atoms with Gasteiger partial charge in [-0.1, -0.05) is 43.7 Å². The molecule has 2 nitrogen and oxygen atoms in total. The molecule has 3 rings (SSSR count). The largest absolute Gasteiger partial charge is 0.306 e. The van der Waals surface area contributed by atoms with Gasteiger partial charge in [0.05, 0.1) is 0 Å². The number of Topliss-reactive ketones (excluding diaryl/α,β-unsaturated/α-hetero) is 1. The lowest BCUT2D eigenvalue weighted by Gasteiger charge is -2.26. The van der Waals surface area contributed by atoms with Gasteiger partial charge in [0.2, 0.25) is 0 Å². The standard InChI is InChI=1S/C16H21NO/c1-16-11-13(12-7-3-2-4-8-12)17-14(16)9-5-6-10-15(16)18/h2-4,7-8,13-14,17H,5-6,9-11H2,1H3/t13-,14-,16-/m0/s1. The minimum atomic E-state index is -0.142. The van der Waals surface area contributed by atoms with Crippen LogP contribution in [-0.2, 0) is 4.79 Å². The monoisotopic (exact) mass is 243 g/mol. The number of ketones is 1. The number of benzene rings is 1. The normalized spacial score (nSPS) is 36.2. The van der Waals surface area contributed by atoms with E-state index in [0.717, 1.165) is 25.7 Å². The van der Waals surface area contributed by atoms with Crippen molar-refractivity contribution in [2.24, 2.45) is 5.41 Å². The highest BCUT2D eigenvalue weighted by Crippen LogP contribution is 2.45. The van der Waals surface area contributed by atoms with Gasteiger partial charge in [0, 0.05) is 23.9 Å². The summed E-state index contributed by atoms with van der Waals surface area (Å²) in [6.07, 6.45) is 5.13. The molecule has 1 saturated heterocycles. The highest BCUT2D eigenvalue weighted by Gasteiger charge is 2.48. The quantitative estimate of drug-likeness (QED) is 0.820.